The van der Waals surface area contributed by atoms with E-state index in [4.69, 9.17) is 5.11 Å². The molecule has 0 spiro atoms. The van der Waals surface area contributed by atoms with E-state index < -0.39 is 24.2 Å². The molecule has 1 aromatic heterocycles. The summed E-state index contributed by atoms with van der Waals surface area (Å²) in [5.41, 5.74) is -0.608. The smallest absolute Gasteiger partial charge is 0.411 e. The first kappa shape index (κ1) is 14.0. The molecule has 5 nitrogen and oxygen atoms in total. The number of aromatic nitrogens is 2. The van der Waals surface area contributed by atoms with Gasteiger partial charge >= 0.3 is 6.18 Å². The number of nitrogens with one attached hydrogen (secondary N) is 1. The van der Waals surface area contributed by atoms with Crippen LogP contribution in [-0.2, 0) is 11.2 Å². The second-order valence-electron chi connectivity index (χ2n) is 3.07. The molecule has 0 atom stereocenters. The zero-order chi connectivity index (χ0) is 13.1. The van der Waals surface area contributed by atoms with Gasteiger partial charge in [-0.15, -0.1) is 0 Å². The van der Waals surface area contributed by atoms with Gasteiger partial charge in [-0.1, -0.05) is 0 Å². The first-order chi connectivity index (χ1) is 7.79. The predicted molar refractivity (Wildman–Crippen MR) is 54.8 cm³/mol. The topological polar surface area (TPSA) is 75.2 Å². The highest BCUT2D eigenvalue weighted by molar-refractivity contribution is 9.10. The van der Waals surface area contributed by atoms with E-state index in [1.54, 1.807) is 0 Å². The average Bonchev–Trinajstić information content (AvgIpc) is 2.19. The summed E-state index contributed by atoms with van der Waals surface area (Å²) in [5.74, 6) is -0.461. The second-order valence-corrected chi connectivity index (χ2v) is 3.86. The van der Waals surface area contributed by atoms with E-state index in [0.717, 1.165) is 0 Å². The maximum atomic E-state index is 11.7. The summed E-state index contributed by atoms with van der Waals surface area (Å²) in [5, 5.41) is 9.17. The standard InChI is InChI=1S/C8H8BrF3N2O3/c9-5-6(15)13-4(14-7(5)16)1-2-17-3-8(10,11)12/h1-3H2,(H2,13,14,15,16). The maximum Gasteiger partial charge on any atom is 0.411 e. The molecule has 9 heteroatoms. The van der Waals surface area contributed by atoms with Crippen LogP contribution in [0.2, 0.25) is 0 Å². The van der Waals surface area contributed by atoms with Crippen LogP contribution in [0.15, 0.2) is 9.27 Å². The summed E-state index contributed by atoms with van der Waals surface area (Å²) in [4.78, 5) is 17.0. The van der Waals surface area contributed by atoms with E-state index in [1.807, 2.05) is 0 Å². The molecule has 0 fully saturated rings. The van der Waals surface area contributed by atoms with Crippen LogP contribution in [0.4, 0.5) is 13.2 Å². The number of hydrogen-bond donors (Lipinski definition) is 2. The Bertz CT molecular complexity index is 447. The minimum Gasteiger partial charge on any atom is -0.492 e. The lowest BCUT2D eigenvalue weighted by atomic mass is 10.4. The van der Waals surface area contributed by atoms with Crippen molar-refractivity contribution in [3.63, 3.8) is 0 Å². The Balaban J connectivity index is 2.51. The molecule has 17 heavy (non-hydrogen) atoms. The molecule has 0 radical (unpaired) electrons. The van der Waals surface area contributed by atoms with Gasteiger partial charge in [0, 0.05) is 6.42 Å². The zero-order valence-corrected chi connectivity index (χ0v) is 9.93. The minimum absolute atomic E-state index is 0.0356. The van der Waals surface area contributed by atoms with Crippen LogP contribution in [-0.4, -0.2) is 34.5 Å². The van der Waals surface area contributed by atoms with E-state index >= 15 is 0 Å². The molecule has 0 aliphatic carbocycles. The first-order valence-electron chi connectivity index (χ1n) is 4.42. The van der Waals surface area contributed by atoms with Crippen LogP contribution in [0.1, 0.15) is 5.82 Å². The lowest BCUT2D eigenvalue weighted by Gasteiger charge is -2.07. The molecule has 0 amide bonds. The van der Waals surface area contributed by atoms with Crippen LogP contribution >= 0.6 is 15.9 Å². The van der Waals surface area contributed by atoms with E-state index in [9.17, 15) is 18.0 Å². The molecule has 0 aliphatic heterocycles. The molecular weight excluding hydrogens is 309 g/mol. The number of nitrogens with zero attached hydrogens (tertiary/aromatic N) is 1. The molecular formula is C8H8BrF3N2O3. The molecule has 96 valence electrons. The fourth-order valence-corrected chi connectivity index (χ4v) is 1.16. The number of alkyl halides is 3. The van der Waals surface area contributed by atoms with Gasteiger partial charge in [0.15, 0.2) is 0 Å². The Labute approximate surface area is 102 Å². The molecule has 2 N–H and O–H groups in total. The third kappa shape index (κ3) is 4.73. The van der Waals surface area contributed by atoms with Gasteiger partial charge in [0.05, 0.1) is 6.61 Å². The summed E-state index contributed by atoms with van der Waals surface area (Å²) >= 11 is 2.78. The maximum absolute atomic E-state index is 11.7. The first-order valence-corrected chi connectivity index (χ1v) is 5.21. The SMILES string of the molecule is O=c1[nH]c(CCOCC(F)(F)F)nc(O)c1Br. The summed E-state index contributed by atoms with van der Waals surface area (Å²) in [7, 11) is 0. The minimum atomic E-state index is -4.39. The highest BCUT2D eigenvalue weighted by Gasteiger charge is 2.27. The quantitative estimate of drug-likeness (QED) is 0.822. The summed E-state index contributed by atoms with van der Waals surface area (Å²) < 4.78 is 39.4. The molecule has 0 unspecified atom stereocenters. The number of ether oxygens (including phenoxy) is 1. The Hall–Kier alpha value is -1.09. The average molecular weight is 317 g/mol. The number of rotatable bonds is 4. The summed E-state index contributed by atoms with van der Waals surface area (Å²) in [6.45, 7) is -1.62. The molecule has 1 heterocycles. The van der Waals surface area contributed by atoms with Crippen molar-refractivity contribution < 1.29 is 23.0 Å². The summed E-state index contributed by atoms with van der Waals surface area (Å²) in [6, 6.07) is 0. The van der Waals surface area contributed by atoms with Crippen molar-refractivity contribution in [3.8, 4) is 5.88 Å². The van der Waals surface area contributed by atoms with Crippen molar-refractivity contribution in [2.75, 3.05) is 13.2 Å². The molecule has 1 rings (SSSR count). The highest BCUT2D eigenvalue weighted by Crippen LogP contribution is 2.16. The number of aromatic amines is 1. The third-order valence-corrected chi connectivity index (χ3v) is 2.36. The van der Waals surface area contributed by atoms with Crippen molar-refractivity contribution in [3.05, 3.63) is 20.7 Å². The molecule has 0 saturated heterocycles. The molecule has 0 aromatic carbocycles. The van der Waals surface area contributed by atoms with Crippen molar-refractivity contribution in [2.24, 2.45) is 0 Å². The van der Waals surface area contributed by atoms with Crippen LogP contribution < -0.4 is 5.56 Å². The van der Waals surface area contributed by atoms with Gasteiger partial charge in [-0.25, -0.2) is 0 Å². The van der Waals surface area contributed by atoms with Crippen molar-refractivity contribution in [1.29, 1.82) is 0 Å². The fraction of sp³-hybridized carbons (Fsp3) is 0.500. The van der Waals surface area contributed by atoms with Gasteiger partial charge in [-0.2, -0.15) is 18.2 Å². The van der Waals surface area contributed by atoms with Crippen LogP contribution in [0.3, 0.4) is 0 Å². The Kier molecular flexibility index (Phi) is 4.52. The lowest BCUT2D eigenvalue weighted by molar-refractivity contribution is -0.173. The van der Waals surface area contributed by atoms with Gasteiger partial charge in [0.2, 0.25) is 5.88 Å². The van der Waals surface area contributed by atoms with Gasteiger partial charge in [0.1, 0.15) is 16.9 Å². The molecule has 0 aliphatic rings. The lowest BCUT2D eigenvalue weighted by Crippen LogP contribution is -2.19. The largest absolute Gasteiger partial charge is 0.492 e. The normalized spacial score (nSPS) is 11.8. The van der Waals surface area contributed by atoms with Crippen LogP contribution in [0.25, 0.3) is 0 Å². The molecule has 1 aromatic rings. The van der Waals surface area contributed by atoms with Gasteiger partial charge in [0.25, 0.3) is 5.56 Å². The summed E-state index contributed by atoms with van der Waals surface area (Å²) in [6.07, 6.45) is -4.42. The van der Waals surface area contributed by atoms with Crippen LogP contribution in [0, 0.1) is 0 Å². The van der Waals surface area contributed by atoms with Crippen LogP contribution in [0.5, 0.6) is 5.88 Å². The zero-order valence-electron chi connectivity index (χ0n) is 8.34. The van der Waals surface area contributed by atoms with E-state index in [2.05, 4.69) is 30.6 Å². The molecule has 0 saturated carbocycles. The van der Waals surface area contributed by atoms with Crippen molar-refractivity contribution in [1.82, 2.24) is 9.97 Å². The fourth-order valence-electron chi connectivity index (χ4n) is 0.967. The molecule has 0 bridgehead atoms. The second kappa shape index (κ2) is 5.50. The van der Waals surface area contributed by atoms with Gasteiger partial charge in [-0.05, 0) is 15.9 Å². The number of halogens is 4. The number of hydrogen-bond acceptors (Lipinski definition) is 4. The Morgan fingerprint density at radius 3 is 2.65 bits per heavy atom. The Morgan fingerprint density at radius 1 is 1.47 bits per heavy atom. The van der Waals surface area contributed by atoms with Gasteiger partial charge in [-0.3, -0.25) is 4.79 Å². The number of aromatic hydroxyl groups is 1. The van der Waals surface area contributed by atoms with E-state index in [-0.39, 0.29) is 23.3 Å². The monoisotopic (exact) mass is 316 g/mol. The van der Waals surface area contributed by atoms with Gasteiger partial charge < -0.3 is 14.8 Å². The predicted octanol–water partition coefficient (Wildman–Crippen LogP) is 1.36. The van der Waals surface area contributed by atoms with Crippen molar-refractivity contribution in [2.45, 2.75) is 12.6 Å². The van der Waals surface area contributed by atoms with E-state index in [0.29, 0.717) is 0 Å². The van der Waals surface area contributed by atoms with E-state index in [1.165, 1.54) is 0 Å². The Morgan fingerprint density at radius 2 is 2.12 bits per heavy atom. The number of H-pyrrole nitrogens is 1. The van der Waals surface area contributed by atoms with Crippen molar-refractivity contribution >= 4 is 15.9 Å². The highest BCUT2D eigenvalue weighted by atomic mass is 79.9. The third-order valence-electron chi connectivity index (χ3n) is 1.64.